The molecule has 0 aliphatic carbocycles. The number of para-hydroxylation sites is 1. The number of hydrogen-bond donors (Lipinski definition) is 3. The molecule has 3 aromatic rings. The SMILES string of the molecule is NC(=O)C(O)c1ccc2c(c1)[nH]c1ccccc12. The molecule has 0 aliphatic rings. The van der Waals surface area contributed by atoms with Crippen molar-refractivity contribution in [2.75, 3.05) is 0 Å². The maximum atomic E-state index is 11.0. The van der Waals surface area contributed by atoms with E-state index < -0.39 is 12.0 Å². The van der Waals surface area contributed by atoms with Gasteiger partial charge in [-0.15, -0.1) is 0 Å². The first-order valence-corrected chi connectivity index (χ1v) is 5.64. The number of carbonyl (C=O) groups excluding carboxylic acids is 1. The highest BCUT2D eigenvalue weighted by atomic mass is 16.3. The van der Waals surface area contributed by atoms with Gasteiger partial charge in [-0.1, -0.05) is 30.3 Å². The molecule has 1 aromatic heterocycles. The van der Waals surface area contributed by atoms with E-state index in [2.05, 4.69) is 4.98 Å². The van der Waals surface area contributed by atoms with Crippen LogP contribution in [0.25, 0.3) is 21.8 Å². The maximum absolute atomic E-state index is 11.0. The number of primary amides is 1. The number of amides is 1. The Morgan fingerprint density at radius 3 is 2.61 bits per heavy atom. The second-order valence-electron chi connectivity index (χ2n) is 4.28. The van der Waals surface area contributed by atoms with E-state index in [1.807, 2.05) is 30.3 Å². The predicted octanol–water partition coefficient (Wildman–Crippen LogP) is 1.84. The lowest BCUT2D eigenvalue weighted by molar-refractivity contribution is -0.126. The number of aromatic nitrogens is 1. The molecule has 0 aliphatic heterocycles. The zero-order chi connectivity index (χ0) is 12.7. The van der Waals surface area contributed by atoms with Gasteiger partial charge in [-0.05, 0) is 17.7 Å². The van der Waals surface area contributed by atoms with Gasteiger partial charge in [-0.3, -0.25) is 4.79 Å². The van der Waals surface area contributed by atoms with Crippen molar-refractivity contribution in [3.8, 4) is 0 Å². The summed E-state index contributed by atoms with van der Waals surface area (Å²) < 4.78 is 0. The van der Waals surface area contributed by atoms with Gasteiger partial charge >= 0.3 is 0 Å². The molecule has 0 saturated carbocycles. The minimum absolute atomic E-state index is 0.501. The molecular formula is C14H12N2O2. The largest absolute Gasteiger partial charge is 0.378 e. The molecule has 1 unspecified atom stereocenters. The van der Waals surface area contributed by atoms with Crippen LogP contribution in [-0.4, -0.2) is 16.0 Å². The third-order valence-electron chi connectivity index (χ3n) is 3.12. The third kappa shape index (κ3) is 1.55. The van der Waals surface area contributed by atoms with Gasteiger partial charge in [0.05, 0.1) is 0 Å². The second kappa shape index (κ2) is 3.85. The van der Waals surface area contributed by atoms with Crippen molar-refractivity contribution in [2.45, 2.75) is 6.10 Å². The Morgan fingerprint density at radius 1 is 1.11 bits per heavy atom. The molecule has 3 rings (SSSR count). The summed E-state index contributed by atoms with van der Waals surface area (Å²) in [5.41, 5.74) is 7.50. The lowest BCUT2D eigenvalue weighted by atomic mass is 10.1. The van der Waals surface area contributed by atoms with Crippen LogP contribution < -0.4 is 5.73 Å². The number of rotatable bonds is 2. The van der Waals surface area contributed by atoms with Crippen LogP contribution in [0.4, 0.5) is 0 Å². The molecule has 1 heterocycles. The molecule has 0 radical (unpaired) electrons. The van der Waals surface area contributed by atoms with Gasteiger partial charge < -0.3 is 15.8 Å². The Bertz CT molecular complexity index is 746. The Kier molecular flexibility index (Phi) is 2.31. The summed E-state index contributed by atoms with van der Waals surface area (Å²) in [5, 5.41) is 11.8. The topological polar surface area (TPSA) is 79.1 Å². The number of nitrogens with two attached hydrogens (primary N) is 1. The first kappa shape index (κ1) is 10.8. The molecule has 1 amide bonds. The lowest BCUT2D eigenvalue weighted by Gasteiger charge is -2.06. The van der Waals surface area contributed by atoms with Crippen LogP contribution in [0, 0.1) is 0 Å². The summed E-state index contributed by atoms with van der Waals surface area (Å²) in [7, 11) is 0. The monoisotopic (exact) mass is 240 g/mol. The van der Waals surface area contributed by atoms with Gasteiger partial charge in [0, 0.05) is 21.8 Å². The predicted molar refractivity (Wildman–Crippen MR) is 70.0 cm³/mol. The van der Waals surface area contributed by atoms with Crippen LogP contribution in [-0.2, 0) is 4.79 Å². The average Bonchev–Trinajstić information content (AvgIpc) is 2.75. The Morgan fingerprint density at radius 2 is 1.83 bits per heavy atom. The lowest BCUT2D eigenvalue weighted by Crippen LogP contribution is -2.20. The van der Waals surface area contributed by atoms with Crippen molar-refractivity contribution in [3.63, 3.8) is 0 Å². The van der Waals surface area contributed by atoms with E-state index in [0.717, 1.165) is 21.8 Å². The van der Waals surface area contributed by atoms with E-state index in [4.69, 9.17) is 5.73 Å². The number of benzene rings is 2. The van der Waals surface area contributed by atoms with Gasteiger partial charge in [0.2, 0.25) is 0 Å². The van der Waals surface area contributed by atoms with Gasteiger partial charge in [0.1, 0.15) is 0 Å². The third-order valence-corrected chi connectivity index (χ3v) is 3.12. The van der Waals surface area contributed by atoms with Crippen molar-refractivity contribution < 1.29 is 9.90 Å². The quantitative estimate of drug-likeness (QED) is 0.639. The number of hydrogen-bond acceptors (Lipinski definition) is 2. The highest BCUT2D eigenvalue weighted by Gasteiger charge is 2.14. The number of aromatic amines is 1. The number of aliphatic hydroxyl groups is 1. The minimum atomic E-state index is -1.26. The van der Waals surface area contributed by atoms with Crippen LogP contribution >= 0.6 is 0 Å². The number of nitrogens with one attached hydrogen (secondary N) is 1. The first-order valence-electron chi connectivity index (χ1n) is 5.64. The fourth-order valence-electron chi connectivity index (χ4n) is 2.21. The molecule has 2 aromatic carbocycles. The van der Waals surface area contributed by atoms with E-state index in [0.29, 0.717) is 5.56 Å². The maximum Gasteiger partial charge on any atom is 0.250 e. The first-order chi connectivity index (χ1) is 8.66. The fourth-order valence-corrected chi connectivity index (χ4v) is 2.21. The van der Waals surface area contributed by atoms with Crippen LogP contribution in [0.1, 0.15) is 11.7 Å². The summed E-state index contributed by atoms with van der Waals surface area (Å²) in [6.07, 6.45) is -1.26. The average molecular weight is 240 g/mol. The molecule has 4 N–H and O–H groups in total. The summed E-state index contributed by atoms with van der Waals surface area (Å²) in [6.45, 7) is 0. The van der Waals surface area contributed by atoms with Crippen molar-refractivity contribution in [2.24, 2.45) is 5.73 Å². The smallest absolute Gasteiger partial charge is 0.250 e. The molecule has 0 spiro atoms. The van der Waals surface area contributed by atoms with Crippen LogP contribution in [0.15, 0.2) is 42.5 Å². The summed E-state index contributed by atoms with van der Waals surface area (Å²) in [4.78, 5) is 14.2. The van der Waals surface area contributed by atoms with E-state index >= 15 is 0 Å². The van der Waals surface area contributed by atoms with E-state index in [1.165, 1.54) is 0 Å². The summed E-state index contributed by atoms with van der Waals surface area (Å²) >= 11 is 0. The minimum Gasteiger partial charge on any atom is -0.378 e. The molecule has 90 valence electrons. The van der Waals surface area contributed by atoms with Gasteiger partial charge in [0.15, 0.2) is 6.10 Å². The molecular weight excluding hydrogens is 228 g/mol. The molecule has 4 nitrogen and oxygen atoms in total. The summed E-state index contributed by atoms with van der Waals surface area (Å²) in [5.74, 6) is -0.745. The normalized spacial score (nSPS) is 12.9. The zero-order valence-electron chi connectivity index (χ0n) is 9.55. The Balaban J connectivity index is 2.24. The second-order valence-corrected chi connectivity index (χ2v) is 4.28. The molecule has 0 bridgehead atoms. The molecule has 0 fully saturated rings. The number of fused-ring (bicyclic) bond motifs is 3. The standard InChI is InChI=1S/C14H12N2O2/c15-14(18)13(17)8-5-6-10-9-3-1-2-4-11(9)16-12(10)7-8/h1-7,13,16-17H,(H2,15,18). The highest BCUT2D eigenvalue weighted by Crippen LogP contribution is 2.27. The number of carbonyl (C=O) groups is 1. The Labute approximate surface area is 103 Å². The van der Waals surface area contributed by atoms with Gasteiger partial charge in [-0.2, -0.15) is 0 Å². The number of H-pyrrole nitrogens is 1. The van der Waals surface area contributed by atoms with Crippen LogP contribution in [0.5, 0.6) is 0 Å². The Hall–Kier alpha value is -2.33. The van der Waals surface area contributed by atoms with E-state index in [-0.39, 0.29) is 0 Å². The van der Waals surface area contributed by atoms with Crippen molar-refractivity contribution in [3.05, 3.63) is 48.0 Å². The fraction of sp³-hybridized carbons (Fsp3) is 0.0714. The van der Waals surface area contributed by atoms with Gasteiger partial charge in [0.25, 0.3) is 5.91 Å². The highest BCUT2D eigenvalue weighted by molar-refractivity contribution is 6.07. The summed E-state index contributed by atoms with van der Waals surface area (Å²) in [6, 6.07) is 13.3. The molecule has 0 saturated heterocycles. The number of aliphatic hydroxyl groups excluding tert-OH is 1. The zero-order valence-corrected chi connectivity index (χ0v) is 9.55. The van der Waals surface area contributed by atoms with Crippen molar-refractivity contribution in [1.29, 1.82) is 0 Å². The van der Waals surface area contributed by atoms with E-state index in [9.17, 15) is 9.90 Å². The van der Waals surface area contributed by atoms with Crippen LogP contribution in [0.2, 0.25) is 0 Å². The van der Waals surface area contributed by atoms with Gasteiger partial charge in [-0.25, -0.2) is 0 Å². The van der Waals surface area contributed by atoms with Crippen molar-refractivity contribution in [1.82, 2.24) is 4.98 Å². The molecule has 18 heavy (non-hydrogen) atoms. The van der Waals surface area contributed by atoms with E-state index in [1.54, 1.807) is 12.1 Å². The van der Waals surface area contributed by atoms with Crippen molar-refractivity contribution >= 4 is 27.7 Å². The van der Waals surface area contributed by atoms with Crippen LogP contribution in [0.3, 0.4) is 0 Å². The molecule has 1 atom stereocenters. The molecule has 4 heteroatoms.